The van der Waals surface area contributed by atoms with E-state index < -0.39 is 0 Å². The van der Waals surface area contributed by atoms with Crippen LogP contribution in [-0.4, -0.2) is 25.6 Å². The van der Waals surface area contributed by atoms with Gasteiger partial charge in [0, 0.05) is 23.3 Å². The van der Waals surface area contributed by atoms with Gasteiger partial charge in [-0.1, -0.05) is 18.2 Å². The Morgan fingerprint density at radius 3 is 2.44 bits per heavy atom. The molecule has 0 atom stereocenters. The third-order valence-corrected chi connectivity index (χ3v) is 3.99. The number of ether oxygens (including phenoxy) is 2. The first-order chi connectivity index (χ1) is 12.1. The Bertz CT molecular complexity index is 885. The van der Waals surface area contributed by atoms with Crippen LogP contribution in [0.4, 0.5) is 4.39 Å². The van der Waals surface area contributed by atoms with Gasteiger partial charge in [-0.25, -0.2) is 4.39 Å². The predicted octanol–water partition coefficient (Wildman–Crippen LogP) is 4.28. The fourth-order valence-electron chi connectivity index (χ4n) is 2.71. The highest BCUT2D eigenvalue weighted by Crippen LogP contribution is 2.32. The van der Waals surface area contributed by atoms with Crippen molar-refractivity contribution in [2.75, 3.05) is 14.2 Å². The van der Waals surface area contributed by atoms with Crippen LogP contribution in [0.2, 0.25) is 0 Å². The summed E-state index contributed by atoms with van der Waals surface area (Å²) in [5, 5.41) is 8.56. The SMILES string of the molecule is COc1cc2c(cc1OC)C(C=Cc1ccccc1F)=NN=C(C)C2. The van der Waals surface area contributed by atoms with E-state index in [1.807, 2.05) is 19.1 Å². The zero-order chi connectivity index (χ0) is 17.8. The molecule has 2 aromatic rings. The van der Waals surface area contributed by atoms with Crippen molar-refractivity contribution in [1.29, 1.82) is 0 Å². The standard InChI is InChI=1S/C20H19FN2O2/c1-13-10-15-11-19(24-2)20(25-3)12-16(15)18(23-22-13)9-8-14-6-4-5-7-17(14)21/h4-9,11-12H,10H2,1-3H3. The zero-order valence-electron chi connectivity index (χ0n) is 14.4. The molecule has 0 aliphatic carbocycles. The maximum atomic E-state index is 13.8. The minimum absolute atomic E-state index is 0.278. The summed E-state index contributed by atoms with van der Waals surface area (Å²) in [5.74, 6) is 1.00. The lowest BCUT2D eigenvalue weighted by Crippen LogP contribution is -2.05. The third kappa shape index (κ3) is 3.60. The largest absolute Gasteiger partial charge is 0.493 e. The van der Waals surface area contributed by atoms with Crippen LogP contribution in [0, 0.1) is 5.82 Å². The molecule has 0 unspecified atom stereocenters. The molecule has 0 bridgehead atoms. The number of halogens is 1. The maximum absolute atomic E-state index is 13.8. The Hall–Kier alpha value is -2.95. The van der Waals surface area contributed by atoms with Gasteiger partial charge in [0.2, 0.25) is 0 Å². The Balaban J connectivity index is 2.07. The first-order valence-corrected chi connectivity index (χ1v) is 7.91. The average Bonchev–Trinajstić information content (AvgIpc) is 2.77. The van der Waals surface area contributed by atoms with Crippen molar-refractivity contribution < 1.29 is 13.9 Å². The molecule has 0 N–H and O–H groups in total. The first kappa shape index (κ1) is 16.9. The van der Waals surface area contributed by atoms with Gasteiger partial charge < -0.3 is 9.47 Å². The minimum Gasteiger partial charge on any atom is -0.493 e. The van der Waals surface area contributed by atoms with Gasteiger partial charge in [0.15, 0.2) is 11.5 Å². The molecule has 4 nitrogen and oxygen atoms in total. The van der Waals surface area contributed by atoms with E-state index in [2.05, 4.69) is 10.2 Å². The summed E-state index contributed by atoms with van der Waals surface area (Å²) in [5.41, 5.74) is 3.97. The van der Waals surface area contributed by atoms with Crippen molar-refractivity contribution in [2.24, 2.45) is 10.2 Å². The van der Waals surface area contributed by atoms with E-state index in [0.717, 1.165) is 16.8 Å². The lowest BCUT2D eigenvalue weighted by Gasteiger charge is -2.13. The van der Waals surface area contributed by atoms with Crippen molar-refractivity contribution in [3.8, 4) is 11.5 Å². The van der Waals surface area contributed by atoms with Crippen LogP contribution in [0.5, 0.6) is 11.5 Å². The topological polar surface area (TPSA) is 43.2 Å². The molecular formula is C20H19FN2O2. The summed E-state index contributed by atoms with van der Waals surface area (Å²) >= 11 is 0. The number of hydrogen-bond donors (Lipinski definition) is 0. The van der Waals surface area contributed by atoms with E-state index in [4.69, 9.17) is 9.47 Å². The summed E-state index contributed by atoms with van der Waals surface area (Å²) in [7, 11) is 3.20. The predicted molar refractivity (Wildman–Crippen MR) is 98.3 cm³/mol. The van der Waals surface area contributed by atoms with E-state index in [-0.39, 0.29) is 5.82 Å². The smallest absolute Gasteiger partial charge is 0.161 e. The molecule has 5 heteroatoms. The molecule has 25 heavy (non-hydrogen) atoms. The quantitative estimate of drug-likeness (QED) is 0.835. The van der Waals surface area contributed by atoms with Crippen molar-refractivity contribution in [3.05, 3.63) is 65.0 Å². The first-order valence-electron chi connectivity index (χ1n) is 7.91. The second-order valence-corrected chi connectivity index (χ2v) is 5.72. The van der Waals surface area contributed by atoms with E-state index in [1.165, 1.54) is 6.07 Å². The molecule has 0 radical (unpaired) electrons. The van der Waals surface area contributed by atoms with Gasteiger partial charge in [0.1, 0.15) is 5.82 Å². The summed E-state index contributed by atoms with van der Waals surface area (Å²) in [6.45, 7) is 1.92. The summed E-state index contributed by atoms with van der Waals surface area (Å²) < 4.78 is 24.6. The molecule has 3 rings (SSSR count). The number of nitrogens with zero attached hydrogens (tertiary/aromatic N) is 2. The normalized spacial score (nSPS) is 13.8. The van der Waals surface area contributed by atoms with Crippen molar-refractivity contribution in [2.45, 2.75) is 13.3 Å². The number of benzene rings is 2. The molecule has 0 saturated carbocycles. The Morgan fingerprint density at radius 2 is 1.72 bits per heavy atom. The fourth-order valence-corrected chi connectivity index (χ4v) is 2.71. The van der Waals surface area contributed by atoms with Crippen molar-refractivity contribution >= 4 is 17.5 Å². The molecule has 128 valence electrons. The molecule has 0 amide bonds. The van der Waals surface area contributed by atoms with Gasteiger partial charge in [0.05, 0.1) is 19.9 Å². The Morgan fingerprint density at radius 1 is 1.00 bits per heavy atom. The van der Waals surface area contributed by atoms with E-state index in [0.29, 0.717) is 29.2 Å². The second kappa shape index (κ2) is 7.30. The highest BCUT2D eigenvalue weighted by molar-refractivity contribution is 6.13. The third-order valence-electron chi connectivity index (χ3n) is 3.99. The summed E-state index contributed by atoms with van der Waals surface area (Å²) in [6, 6.07) is 10.4. The molecule has 1 aliphatic rings. The molecular weight excluding hydrogens is 319 g/mol. The molecule has 2 aromatic carbocycles. The van der Waals surface area contributed by atoms with Gasteiger partial charge in [-0.2, -0.15) is 10.2 Å². The number of allylic oxidation sites excluding steroid dienone is 1. The number of methoxy groups -OCH3 is 2. The van der Waals surface area contributed by atoms with Crippen LogP contribution in [0.15, 0.2) is 52.7 Å². The molecule has 0 saturated heterocycles. The molecule has 1 heterocycles. The van der Waals surface area contributed by atoms with Crippen LogP contribution in [-0.2, 0) is 6.42 Å². The van der Waals surface area contributed by atoms with Crippen molar-refractivity contribution in [1.82, 2.24) is 0 Å². The monoisotopic (exact) mass is 338 g/mol. The van der Waals surface area contributed by atoms with E-state index >= 15 is 0 Å². The van der Waals surface area contributed by atoms with E-state index in [1.54, 1.807) is 44.6 Å². The highest BCUT2D eigenvalue weighted by atomic mass is 19.1. The molecule has 0 fully saturated rings. The van der Waals surface area contributed by atoms with Gasteiger partial charge in [-0.05, 0) is 42.8 Å². The number of rotatable bonds is 4. The van der Waals surface area contributed by atoms with Gasteiger partial charge in [0.25, 0.3) is 0 Å². The van der Waals surface area contributed by atoms with Gasteiger partial charge in [-0.3, -0.25) is 0 Å². The van der Waals surface area contributed by atoms with Crippen LogP contribution < -0.4 is 9.47 Å². The van der Waals surface area contributed by atoms with Crippen LogP contribution >= 0.6 is 0 Å². The number of hydrogen-bond acceptors (Lipinski definition) is 4. The number of fused-ring (bicyclic) bond motifs is 1. The Kier molecular flexibility index (Phi) is 4.93. The lowest BCUT2D eigenvalue weighted by atomic mass is 9.97. The van der Waals surface area contributed by atoms with Crippen LogP contribution in [0.3, 0.4) is 0 Å². The zero-order valence-corrected chi connectivity index (χ0v) is 14.4. The summed E-state index contributed by atoms with van der Waals surface area (Å²) in [4.78, 5) is 0. The maximum Gasteiger partial charge on any atom is 0.161 e. The van der Waals surface area contributed by atoms with Gasteiger partial charge in [-0.15, -0.1) is 0 Å². The molecule has 1 aliphatic heterocycles. The highest BCUT2D eigenvalue weighted by Gasteiger charge is 2.17. The molecule has 0 aromatic heterocycles. The van der Waals surface area contributed by atoms with Crippen LogP contribution in [0.25, 0.3) is 6.08 Å². The second-order valence-electron chi connectivity index (χ2n) is 5.72. The minimum atomic E-state index is -0.278. The molecule has 0 spiro atoms. The van der Waals surface area contributed by atoms with Gasteiger partial charge >= 0.3 is 0 Å². The summed E-state index contributed by atoms with van der Waals surface area (Å²) in [6.07, 6.45) is 4.13. The van der Waals surface area contributed by atoms with Crippen molar-refractivity contribution in [3.63, 3.8) is 0 Å². The lowest BCUT2D eigenvalue weighted by molar-refractivity contribution is 0.354. The Labute approximate surface area is 146 Å². The fraction of sp³-hybridized carbons (Fsp3) is 0.200. The average molecular weight is 338 g/mol. The van der Waals surface area contributed by atoms with Crippen LogP contribution in [0.1, 0.15) is 23.6 Å². The van der Waals surface area contributed by atoms with E-state index in [9.17, 15) is 4.39 Å².